The van der Waals surface area contributed by atoms with Crippen molar-refractivity contribution in [3.05, 3.63) is 17.0 Å². The van der Waals surface area contributed by atoms with Gasteiger partial charge in [0.05, 0.1) is 12.1 Å². The molecule has 2 unspecified atom stereocenters. The van der Waals surface area contributed by atoms with Gasteiger partial charge in [-0.2, -0.15) is 13.2 Å². The maximum Gasteiger partial charge on any atom is 0.451 e. The van der Waals surface area contributed by atoms with Crippen molar-refractivity contribution in [2.45, 2.75) is 44.0 Å². The number of halogens is 4. The molecule has 0 amide bonds. The van der Waals surface area contributed by atoms with Crippen LogP contribution in [0.3, 0.4) is 0 Å². The molecule has 1 aliphatic rings. The lowest BCUT2D eigenvalue weighted by Gasteiger charge is -2.36. The minimum atomic E-state index is -4.65. The molecule has 1 aromatic heterocycles. The quantitative estimate of drug-likeness (QED) is 0.854. The molecule has 4 nitrogen and oxygen atoms in total. The minimum absolute atomic E-state index is 0.0725. The molecule has 20 heavy (non-hydrogen) atoms. The molecule has 1 heterocycles. The topological polar surface area (TPSA) is 49.2 Å². The second-order valence-corrected chi connectivity index (χ2v) is 5.29. The molecule has 2 rings (SSSR count). The number of hydrogen-bond acceptors (Lipinski definition) is 4. The van der Waals surface area contributed by atoms with Gasteiger partial charge < -0.3 is 10.0 Å². The van der Waals surface area contributed by atoms with Gasteiger partial charge in [-0.25, -0.2) is 9.97 Å². The Hall–Kier alpha value is -1.08. The van der Waals surface area contributed by atoms with Crippen LogP contribution in [0.5, 0.6) is 0 Å². The molecule has 2 atom stereocenters. The first-order valence-corrected chi connectivity index (χ1v) is 6.69. The highest BCUT2D eigenvalue weighted by Crippen LogP contribution is 2.31. The number of aromatic nitrogens is 2. The smallest absolute Gasteiger partial charge is 0.391 e. The van der Waals surface area contributed by atoms with Gasteiger partial charge in [-0.15, -0.1) is 0 Å². The van der Waals surface area contributed by atoms with E-state index in [1.807, 2.05) is 0 Å². The Labute approximate surface area is 119 Å². The summed E-state index contributed by atoms with van der Waals surface area (Å²) >= 11 is 5.64. The van der Waals surface area contributed by atoms with Crippen LogP contribution in [-0.4, -0.2) is 34.3 Å². The zero-order valence-electron chi connectivity index (χ0n) is 10.9. The van der Waals surface area contributed by atoms with Gasteiger partial charge in [0.2, 0.25) is 5.82 Å². The summed E-state index contributed by atoms with van der Waals surface area (Å²) in [5.41, 5.74) is 0. The maximum absolute atomic E-state index is 12.7. The summed E-state index contributed by atoms with van der Waals surface area (Å²) < 4.78 is 38.0. The highest BCUT2D eigenvalue weighted by atomic mass is 35.5. The fourth-order valence-electron chi connectivity index (χ4n) is 2.43. The molecule has 0 radical (unpaired) electrons. The lowest BCUT2D eigenvalue weighted by molar-refractivity contribution is -0.144. The van der Waals surface area contributed by atoms with Crippen molar-refractivity contribution < 1.29 is 18.3 Å². The summed E-state index contributed by atoms with van der Waals surface area (Å²) in [6.07, 6.45) is -2.02. The van der Waals surface area contributed by atoms with Crippen molar-refractivity contribution in [2.75, 3.05) is 11.9 Å². The molecule has 0 aromatic carbocycles. The molecule has 1 saturated carbocycles. The third-order valence-electron chi connectivity index (χ3n) is 3.49. The van der Waals surface area contributed by atoms with Gasteiger partial charge in [0.25, 0.3) is 0 Å². The van der Waals surface area contributed by atoms with Crippen LogP contribution in [0.25, 0.3) is 0 Å². The van der Waals surface area contributed by atoms with E-state index in [-0.39, 0.29) is 17.0 Å². The van der Waals surface area contributed by atoms with Crippen molar-refractivity contribution in [3.63, 3.8) is 0 Å². The summed E-state index contributed by atoms with van der Waals surface area (Å²) in [5, 5.41) is 9.69. The first-order valence-electron chi connectivity index (χ1n) is 6.31. The second-order valence-electron chi connectivity index (χ2n) is 4.90. The number of likely N-dealkylation sites (N-methyl/N-ethyl adjacent to an activating group) is 1. The molecule has 1 N–H and O–H groups in total. The van der Waals surface area contributed by atoms with Gasteiger partial charge in [0, 0.05) is 13.1 Å². The van der Waals surface area contributed by atoms with Crippen LogP contribution in [0.15, 0.2) is 6.07 Å². The number of hydrogen-bond donors (Lipinski definition) is 1. The van der Waals surface area contributed by atoms with Crippen LogP contribution < -0.4 is 4.90 Å². The zero-order chi connectivity index (χ0) is 14.9. The Morgan fingerprint density at radius 3 is 2.55 bits per heavy atom. The summed E-state index contributed by atoms with van der Waals surface area (Å²) in [6.45, 7) is 0. The maximum atomic E-state index is 12.7. The average molecular weight is 310 g/mol. The fraction of sp³-hybridized carbons (Fsp3) is 0.667. The Bertz CT molecular complexity index is 484. The van der Waals surface area contributed by atoms with Gasteiger partial charge >= 0.3 is 6.18 Å². The Morgan fingerprint density at radius 1 is 1.30 bits per heavy atom. The number of rotatable bonds is 2. The van der Waals surface area contributed by atoms with Crippen molar-refractivity contribution in [1.82, 2.24) is 9.97 Å². The molecule has 0 bridgehead atoms. The monoisotopic (exact) mass is 309 g/mol. The van der Waals surface area contributed by atoms with Crippen molar-refractivity contribution >= 4 is 17.4 Å². The summed E-state index contributed by atoms with van der Waals surface area (Å²) in [4.78, 5) is 8.25. The molecule has 1 fully saturated rings. The lowest BCUT2D eigenvalue weighted by Crippen LogP contribution is -2.44. The molecular weight excluding hydrogens is 295 g/mol. The minimum Gasteiger partial charge on any atom is -0.391 e. The van der Waals surface area contributed by atoms with Crippen molar-refractivity contribution in [1.29, 1.82) is 0 Å². The van der Waals surface area contributed by atoms with E-state index in [1.54, 1.807) is 11.9 Å². The predicted molar refractivity (Wildman–Crippen MR) is 68.7 cm³/mol. The first kappa shape index (κ1) is 15.3. The molecular formula is C12H15ClF3N3O. The number of alkyl halides is 3. The van der Waals surface area contributed by atoms with E-state index in [2.05, 4.69) is 9.97 Å². The van der Waals surface area contributed by atoms with E-state index in [0.29, 0.717) is 12.8 Å². The fourth-order valence-corrected chi connectivity index (χ4v) is 2.60. The highest BCUT2D eigenvalue weighted by Gasteiger charge is 2.36. The normalized spacial score (nSPS) is 23.7. The summed E-state index contributed by atoms with van der Waals surface area (Å²) in [6, 6.07) is 1.02. The average Bonchev–Trinajstić information content (AvgIpc) is 2.37. The van der Waals surface area contributed by atoms with Gasteiger partial charge in [-0.05, 0) is 12.8 Å². The van der Waals surface area contributed by atoms with E-state index in [0.717, 1.165) is 12.8 Å². The van der Waals surface area contributed by atoms with E-state index in [1.165, 1.54) is 6.07 Å². The molecule has 8 heteroatoms. The second kappa shape index (κ2) is 5.73. The van der Waals surface area contributed by atoms with Crippen molar-refractivity contribution in [3.8, 4) is 0 Å². The Kier molecular flexibility index (Phi) is 4.39. The van der Waals surface area contributed by atoms with Gasteiger partial charge in [0.15, 0.2) is 0 Å². The van der Waals surface area contributed by atoms with Crippen LogP contribution in [0.2, 0.25) is 5.15 Å². The third kappa shape index (κ3) is 3.32. The first-order chi connectivity index (χ1) is 9.29. The van der Waals surface area contributed by atoms with E-state index < -0.39 is 18.1 Å². The third-order valence-corrected chi connectivity index (χ3v) is 3.68. The molecule has 0 spiro atoms. The summed E-state index contributed by atoms with van der Waals surface area (Å²) in [5.74, 6) is -1.19. The SMILES string of the molecule is CN(c1cc(Cl)nc(C(F)(F)F)n1)C1CCCCC1O. The standard InChI is InChI=1S/C12H15ClF3N3O/c1-19(7-4-2-3-5-8(7)20)10-6-9(13)17-11(18-10)12(14,15)16/h6-8,20H,2-5H2,1H3. The molecule has 112 valence electrons. The number of anilines is 1. The lowest BCUT2D eigenvalue weighted by atomic mass is 9.91. The largest absolute Gasteiger partial charge is 0.451 e. The van der Waals surface area contributed by atoms with E-state index >= 15 is 0 Å². The number of aliphatic hydroxyl groups is 1. The highest BCUT2D eigenvalue weighted by molar-refractivity contribution is 6.29. The van der Waals surface area contributed by atoms with E-state index in [4.69, 9.17) is 11.6 Å². The van der Waals surface area contributed by atoms with Gasteiger partial charge in [0.1, 0.15) is 11.0 Å². The molecule has 0 saturated heterocycles. The number of aliphatic hydroxyl groups excluding tert-OH is 1. The van der Waals surface area contributed by atoms with Crippen molar-refractivity contribution in [2.24, 2.45) is 0 Å². The predicted octanol–water partition coefficient (Wildman–Crippen LogP) is 2.89. The Balaban J connectivity index is 2.29. The van der Waals surface area contributed by atoms with Crippen LogP contribution in [-0.2, 0) is 6.18 Å². The van der Waals surface area contributed by atoms with Gasteiger partial charge in [-0.3, -0.25) is 0 Å². The van der Waals surface area contributed by atoms with Crippen LogP contribution in [0, 0.1) is 0 Å². The van der Waals surface area contributed by atoms with Crippen LogP contribution >= 0.6 is 11.6 Å². The van der Waals surface area contributed by atoms with E-state index in [9.17, 15) is 18.3 Å². The summed E-state index contributed by atoms with van der Waals surface area (Å²) in [7, 11) is 1.61. The molecule has 1 aliphatic carbocycles. The van der Waals surface area contributed by atoms with Crippen LogP contribution in [0.4, 0.5) is 19.0 Å². The number of nitrogens with zero attached hydrogens (tertiary/aromatic N) is 3. The Morgan fingerprint density at radius 2 is 1.95 bits per heavy atom. The van der Waals surface area contributed by atoms with Crippen LogP contribution in [0.1, 0.15) is 31.5 Å². The molecule has 0 aliphatic heterocycles. The zero-order valence-corrected chi connectivity index (χ0v) is 11.6. The molecule has 1 aromatic rings. The van der Waals surface area contributed by atoms with Gasteiger partial charge in [-0.1, -0.05) is 24.4 Å².